The minimum atomic E-state index is -0.539. The van der Waals surface area contributed by atoms with Crippen molar-refractivity contribution in [2.24, 2.45) is 0 Å². The molecule has 0 saturated carbocycles. The topological polar surface area (TPSA) is 57.2 Å². The van der Waals surface area contributed by atoms with E-state index in [1.165, 1.54) is 5.56 Å². The number of benzene rings is 3. The van der Waals surface area contributed by atoms with Gasteiger partial charge >= 0.3 is 5.97 Å². The van der Waals surface area contributed by atoms with Crippen LogP contribution >= 0.6 is 0 Å². The number of ether oxygens (including phenoxy) is 4. The highest BCUT2D eigenvalue weighted by Crippen LogP contribution is 2.45. The zero-order valence-electron chi connectivity index (χ0n) is 22.0. The molecule has 196 valence electrons. The van der Waals surface area contributed by atoms with Gasteiger partial charge in [0.2, 0.25) is 0 Å². The molecule has 0 aromatic heterocycles. The molecular formula is C31H37NO5. The average Bonchev–Trinajstić information content (AvgIpc) is 2.92. The molecule has 1 aliphatic heterocycles. The molecule has 6 heteroatoms. The van der Waals surface area contributed by atoms with Gasteiger partial charge in [-0.2, -0.15) is 0 Å². The maximum atomic E-state index is 11.8. The highest BCUT2D eigenvalue weighted by Gasteiger charge is 2.23. The second-order valence-electron chi connectivity index (χ2n) is 9.15. The first-order valence-electron chi connectivity index (χ1n) is 13.2. The molecule has 0 spiro atoms. The number of anilines is 2. The van der Waals surface area contributed by atoms with Crippen LogP contribution in [0.2, 0.25) is 0 Å². The van der Waals surface area contributed by atoms with Crippen molar-refractivity contribution in [2.45, 2.75) is 52.1 Å². The zero-order chi connectivity index (χ0) is 26.0. The Kier molecular flexibility index (Phi) is 9.44. The van der Waals surface area contributed by atoms with E-state index in [4.69, 9.17) is 18.9 Å². The van der Waals surface area contributed by atoms with E-state index < -0.39 is 6.10 Å². The Morgan fingerprint density at radius 3 is 2.14 bits per heavy atom. The molecule has 0 amide bonds. The van der Waals surface area contributed by atoms with Crippen LogP contribution in [0.15, 0.2) is 72.8 Å². The van der Waals surface area contributed by atoms with Gasteiger partial charge in [-0.3, -0.25) is 0 Å². The molecule has 6 nitrogen and oxygen atoms in total. The maximum absolute atomic E-state index is 11.8. The van der Waals surface area contributed by atoms with Crippen LogP contribution in [0.3, 0.4) is 0 Å². The molecule has 0 fully saturated rings. The Hall–Kier alpha value is -3.51. The van der Waals surface area contributed by atoms with E-state index in [1.807, 2.05) is 48.5 Å². The fourth-order valence-corrected chi connectivity index (χ4v) is 4.65. The first-order chi connectivity index (χ1) is 18.1. The summed E-state index contributed by atoms with van der Waals surface area (Å²) >= 11 is 0. The highest BCUT2D eigenvalue weighted by atomic mass is 16.6. The van der Waals surface area contributed by atoms with Gasteiger partial charge in [-0.05, 0) is 74.6 Å². The van der Waals surface area contributed by atoms with Gasteiger partial charge in [0.15, 0.2) is 17.6 Å². The van der Waals surface area contributed by atoms with Crippen LogP contribution in [0.5, 0.6) is 17.2 Å². The third-order valence-electron chi connectivity index (χ3n) is 6.56. The van der Waals surface area contributed by atoms with Crippen LogP contribution < -0.4 is 14.4 Å². The molecule has 0 aliphatic carbocycles. The lowest BCUT2D eigenvalue weighted by Gasteiger charge is -2.32. The van der Waals surface area contributed by atoms with Crippen molar-refractivity contribution in [3.8, 4) is 17.2 Å². The van der Waals surface area contributed by atoms with Gasteiger partial charge in [-0.1, -0.05) is 49.7 Å². The monoisotopic (exact) mass is 503 g/mol. The van der Waals surface area contributed by atoms with Crippen LogP contribution in [0, 0.1) is 0 Å². The number of carbonyl (C=O) groups is 1. The number of carbonyl (C=O) groups excluding carboxylic acids is 1. The van der Waals surface area contributed by atoms with E-state index in [-0.39, 0.29) is 5.97 Å². The first-order valence-corrected chi connectivity index (χ1v) is 13.2. The van der Waals surface area contributed by atoms with E-state index in [0.717, 1.165) is 47.9 Å². The summed E-state index contributed by atoms with van der Waals surface area (Å²) < 4.78 is 23.0. The Balaban J connectivity index is 1.32. The molecular weight excluding hydrogens is 466 g/mol. The van der Waals surface area contributed by atoms with Crippen molar-refractivity contribution >= 4 is 17.3 Å². The lowest BCUT2D eigenvalue weighted by Crippen LogP contribution is -2.26. The third-order valence-corrected chi connectivity index (χ3v) is 6.56. The Morgan fingerprint density at radius 2 is 1.51 bits per heavy atom. The number of rotatable bonds is 13. The fourth-order valence-electron chi connectivity index (χ4n) is 4.65. The summed E-state index contributed by atoms with van der Waals surface area (Å²) in [6.07, 6.45) is 2.46. The number of hydrogen-bond acceptors (Lipinski definition) is 6. The molecule has 0 saturated heterocycles. The largest absolute Gasteiger partial charge is 0.492 e. The van der Waals surface area contributed by atoms with E-state index in [0.29, 0.717) is 32.3 Å². The SMILES string of the molecule is CCCC(CCOC(C)C(=O)OCC)c1ccc(OCCN2c3ccccc3Oc3ccccc32)cc1. The molecule has 0 N–H and O–H groups in total. The van der Waals surface area contributed by atoms with Gasteiger partial charge in [0.05, 0.1) is 24.5 Å². The quantitative estimate of drug-likeness (QED) is 0.229. The van der Waals surface area contributed by atoms with Gasteiger partial charge in [-0.25, -0.2) is 4.79 Å². The second kappa shape index (κ2) is 13.2. The van der Waals surface area contributed by atoms with Gasteiger partial charge < -0.3 is 23.8 Å². The minimum absolute atomic E-state index is 0.305. The molecule has 2 unspecified atom stereocenters. The van der Waals surface area contributed by atoms with E-state index >= 15 is 0 Å². The van der Waals surface area contributed by atoms with Crippen molar-refractivity contribution in [1.29, 1.82) is 0 Å². The number of hydrogen-bond donors (Lipinski definition) is 0. The summed E-state index contributed by atoms with van der Waals surface area (Å²) in [5.74, 6) is 2.62. The van der Waals surface area contributed by atoms with E-state index in [1.54, 1.807) is 13.8 Å². The van der Waals surface area contributed by atoms with Crippen LogP contribution in [0.4, 0.5) is 11.4 Å². The van der Waals surface area contributed by atoms with Crippen molar-refractivity contribution < 1.29 is 23.7 Å². The first kappa shape index (κ1) is 26.6. The maximum Gasteiger partial charge on any atom is 0.334 e. The molecule has 3 aromatic carbocycles. The number of fused-ring (bicyclic) bond motifs is 2. The number of para-hydroxylation sites is 4. The van der Waals surface area contributed by atoms with Crippen LogP contribution in [0.1, 0.15) is 51.5 Å². The van der Waals surface area contributed by atoms with Crippen molar-refractivity contribution in [3.05, 3.63) is 78.4 Å². The van der Waals surface area contributed by atoms with E-state index in [9.17, 15) is 4.79 Å². The summed E-state index contributed by atoms with van der Waals surface area (Å²) in [6, 6.07) is 24.5. The van der Waals surface area contributed by atoms with Crippen LogP contribution in [-0.4, -0.2) is 38.4 Å². The molecule has 37 heavy (non-hydrogen) atoms. The van der Waals surface area contributed by atoms with Gasteiger partial charge in [-0.15, -0.1) is 0 Å². The predicted molar refractivity (Wildman–Crippen MR) is 146 cm³/mol. The molecule has 0 radical (unpaired) electrons. The average molecular weight is 504 g/mol. The molecule has 1 heterocycles. The predicted octanol–water partition coefficient (Wildman–Crippen LogP) is 7.25. The number of nitrogens with zero attached hydrogens (tertiary/aromatic N) is 1. The normalized spacial score (nSPS) is 13.6. The lowest BCUT2D eigenvalue weighted by molar-refractivity contribution is -0.155. The fraction of sp³-hybridized carbons (Fsp3) is 0.387. The van der Waals surface area contributed by atoms with E-state index in [2.05, 4.69) is 36.1 Å². The molecule has 4 rings (SSSR count). The Labute approximate surface area is 220 Å². The zero-order valence-corrected chi connectivity index (χ0v) is 22.0. The molecule has 0 bridgehead atoms. The third kappa shape index (κ3) is 6.83. The summed E-state index contributed by atoms with van der Waals surface area (Å²) in [5, 5.41) is 0. The summed E-state index contributed by atoms with van der Waals surface area (Å²) in [4.78, 5) is 14.0. The van der Waals surface area contributed by atoms with Crippen molar-refractivity contribution in [1.82, 2.24) is 0 Å². The summed E-state index contributed by atoms with van der Waals surface area (Å²) in [7, 11) is 0. The highest BCUT2D eigenvalue weighted by molar-refractivity contribution is 5.77. The van der Waals surface area contributed by atoms with Gasteiger partial charge in [0.25, 0.3) is 0 Å². The van der Waals surface area contributed by atoms with Crippen LogP contribution in [-0.2, 0) is 14.3 Å². The molecule has 3 aromatic rings. The Morgan fingerprint density at radius 1 is 0.865 bits per heavy atom. The van der Waals surface area contributed by atoms with Crippen LogP contribution in [0.25, 0.3) is 0 Å². The minimum Gasteiger partial charge on any atom is -0.492 e. The van der Waals surface area contributed by atoms with Crippen molar-refractivity contribution in [2.75, 3.05) is 31.3 Å². The van der Waals surface area contributed by atoms with Gasteiger partial charge in [0, 0.05) is 6.61 Å². The van der Waals surface area contributed by atoms with Gasteiger partial charge in [0.1, 0.15) is 12.4 Å². The smallest absolute Gasteiger partial charge is 0.334 e. The standard InChI is InChI=1S/C31H37NO5/c1-4-10-24(19-21-35-23(3)31(33)34-5-2)25-15-17-26(18-16-25)36-22-20-32-27-11-6-8-13-29(27)37-30-14-9-7-12-28(30)32/h6-9,11-18,23-24H,4-5,10,19-22H2,1-3H3. The summed E-state index contributed by atoms with van der Waals surface area (Å²) in [5.41, 5.74) is 3.35. The lowest BCUT2D eigenvalue weighted by atomic mass is 9.92. The second-order valence-corrected chi connectivity index (χ2v) is 9.15. The number of esters is 1. The van der Waals surface area contributed by atoms with Crippen molar-refractivity contribution in [3.63, 3.8) is 0 Å². The molecule has 2 atom stereocenters. The molecule has 1 aliphatic rings. The summed E-state index contributed by atoms with van der Waals surface area (Å²) in [6.45, 7) is 7.86. The Bertz CT molecular complexity index is 1100.